The molecule has 0 unspecified atom stereocenters. The highest BCUT2D eigenvalue weighted by Crippen LogP contribution is 2.23. The van der Waals surface area contributed by atoms with Gasteiger partial charge in [-0.15, -0.1) is 0 Å². The smallest absolute Gasteiger partial charge is 0.127 e. The zero-order valence-corrected chi connectivity index (χ0v) is 15.2. The van der Waals surface area contributed by atoms with Crippen LogP contribution in [0.2, 0.25) is 0 Å². The van der Waals surface area contributed by atoms with Gasteiger partial charge in [-0.1, -0.05) is 62.4 Å². The summed E-state index contributed by atoms with van der Waals surface area (Å²) < 4.78 is 6.08. The molecule has 0 saturated heterocycles. The molecular formula is C23H25NO. The molecule has 0 aliphatic rings. The Hall–Kier alpha value is -2.61. The minimum atomic E-state index is 0.389. The average molecular weight is 331 g/mol. The van der Waals surface area contributed by atoms with E-state index in [-0.39, 0.29) is 0 Å². The number of ether oxygens (including phenoxy) is 1. The van der Waals surface area contributed by atoms with Crippen molar-refractivity contribution in [3.8, 4) is 5.75 Å². The molecule has 0 radical (unpaired) electrons. The van der Waals surface area contributed by atoms with Crippen LogP contribution in [0.1, 0.15) is 25.8 Å². The van der Waals surface area contributed by atoms with E-state index in [1.165, 1.54) is 16.3 Å². The number of aliphatic imine (C=N–C) groups is 1. The summed E-state index contributed by atoms with van der Waals surface area (Å²) in [5.41, 5.74) is 3.30. The first kappa shape index (κ1) is 17.2. The summed E-state index contributed by atoms with van der Waals surface area (Å²) in [6.45, 7) is 7.01. The number of aryl methyl sites for hydroxylation is 1. The van der Waals surface area contributed by atoms with Crippen LogP contribution in [0.15, 0.2) is 71.7 Å². The predicted molar refractivity (Wildman–Crippen MR) is 107 cm³/mol. The Bertz CT molecular complexity index is 882. The first-order valence-electron chi connectivity index (χ1n) is 8.92. The van der Waals surface area contributed by atoms with E-state index in [1.54, 1.807) is 0 Å². The predicted octanol–water partition coefficient (Wildman–Crippen LogP) is 6.35. The zero-order valence-electron chi connectivity index (χ0n) is 15.2. The Morgan fingerprint density at radius 2 is 1.68 bits per heavy atom. The Balaban J connectivity index is 1.81. The van der Waals surface area contributed by atoms with Crippen LogP contribution in [0.25, 0.3) is 10.8 Å². The van der Waals surface area contributed by atoms with E-state index in [0.717, 1.165) is 23.6 Å². The van der Waals surface area contributed by atoms with Gasteiger partial charge in [0.05, 0.1) is 11.4 Å². The minimum absolute atomic E-state index is 0.389. The summed E-state index contributed by atoms with van der Waals surface area (Å²) in [5.74, 6) is 1.28. The van der Waals surface area contributed by atoms with E-state index >= 15 is 0 Å². The topological polar surface area (TPSA) is 21.6 Å². The third-order valence-electron chi connectivity index (χ3n) is 4.67. The van der Waals surface area contributed by atoms with E-state index < -0.39 is 0 Å². The van der Waals surface area contributed by atoms with Gasteiger partial charge in [-0.2, -0.15) is 0 Å². The molecule has 3 aromatic carbocycles. The molecule has 0 spiro atoms. The lowest BCUT2D eigenvalue weighted by molar-refractivity contribution is 0.370. The maximum atomic E-state index is 6.08. The molecule has 0 aliphatic carbocycles. The fourth-order valence-electron chi connectivity index (χ4n) is 2.78. The van der Waals surface area contributed by atoms with Crippen LogP contribution in [0.3, 0.4) is 0 Å². The SMILES string of the molecule is CC[C@@H](C)/C(COc1ccc2ccccc2c1)=N\c1ccccc1C. The van der Waals surface area contributed by atoms with Crippen LogP contribution in [0.5, 0.6) is 5.75 Å². The number of nitrogens with zero attached hydrogens (tertiary/aromatic N) is 1. The number of fused-ring (bicyclic) bond motifs is 1. The van der Waals surface area contributed by atoms with E-state index in [4.69, 9.17) is 9.73 Å². The molecular weight excluding hydrogens is 306 g/mol. The van der Waals surface area contributed by atoms with Gasteiger partial charge in [-0.3, -0.25) is 4.99 Å². The average Bonchev–Trinajstić information content (AvgIpc) is 2.65. The van der Waals surface area contributed by atoms with Gasteiger partial charge in [0.1, 0.15) is 12.4 Å². The lowest BCUT2D eigenvalue weighted by atomic mass is 10.0. The molecule has 2 nitrogen and oxygen atoms in total. The first-order valence-corrected chi connectivity index (χ1v) is 8.92. The molecule has 0 amide bonds. The fraction of sp³-hybridized carbons (Fsp3) is 0.261. The molecule has 0 fully saturated rings. The highest BCUT2D eigenvalue weighted by molar-refractivity contribution is 5.90. The molecule has 1 atom stereocenters. The summed E-state index contributed by atoms with van der Waals surface area (Å²) in [6, 6.07) is 22.8. The van der Waals surface area contributed by atoms with Crippen LogP contribution in [0.4, 0.5) is 5.69 Å². The molecule has 0 heterocycles. The van der Waals surface area contributed by atoms with E-state index in [1.807, 2.05) is 18.2 Å². The summed E-state index contributed by atoms with van der Waals surface area (Å²) in [6.07, 6.45) is 1.05. The minimum Gasteiger partial charge on any atom is -0.488 e. The van der Waals surface area contributed by atoms with Gasteiger partial charge in [0.25, 0.3) is 0 Å². The number of para-hydroxylation sites is 1. The van der Waals surface area contributed by atoms with Crippen molar-refractivity contribution in [2.24, 2.45) is 10.9 Å². The third-order valence-corrected chi connectivity index (χ3v) is 4.67. The monoisotopic (exact) mass is 331 g/mol. The molecule has 0 saturated carbocycles. The molecule has 0 aliphatic heterocycles. The first-order chi connectivity index (χ1) is 12.2. The number of hydrogen-bond donors (Lipinski definition) is 0. The fourth-order valence-corrected chi connectivity index (χ4v) is 2.78. The summed E-state index contributed by atoms with van der Waals surface area (Å²) >= 11 is 0. The molecule has 0 N–H and O–H groups in total. The molecule has 2 heteroatoms. The van der Waals surface area contributed by atoms with E-state index in [9.17, 15) is 0 Å². The standard InChI is InChI=1S/C23H25NO/c1-4-17(2)23(24-22-12-8-5-9-18(22)3)16-25-21-14-13-19-10-6-7-11-20(19)15-21/h5-15,17H,4,16H2,1-3H3/b24-23-/t17-/m1/s1. The van der Waals surface area contributed by atoms with Gasteiger partial charge in [0, 0.05) is 0 Å². The lowest BCUT2D eigenvalue weighted by Crippen LogP contribution is -2.19. The van der Waals surface area contributed by atoms with E-state index in [0.29, 0.717) is 12.5 Å². The van der Waals surface area contributed by atoms with Crippen molar-refractivity contribution >= 4 is 22.2 Å². The molecule has 25 heavy (non-hydrogen) atoms. The van der Waals surface area contributed by atoms with Gasteiger partial charge in [-0.25, -0.2) is 0 Å². The van der Waals surface area contributed by atoms with Crippen molar-refractivity contribution in [2.45, 2.75) is 27.2 Å². The molecule has 3 rings (SSSR count). The van der Waals surface area contributed by atoms with Gasteiger partial charge in [0.2, 0.25) is 0 Å². The lowest BCUT2D eigenvalue weighted by Gasteiger charge is -2.15. The van der Waals surface area contributed by atoms with E-state index in [2.05, 4.69) is 69.3 Å². The van der Waals surface area contributed by atoms with Crippen molar-refractivity contribution in [1.29, 1.82) is 0 Å². The van der Waals surface area contributed by atoms with Gasteiger partial charge in [0.15, 0.2) is 0 Å². The van der Waals surface area contributed by atoms with Gasteiger partial charge in [-0.05, 0) is 53.8 Å². The summed E-state index contributed by atoms with van der Waals surface area (Å²) in [4.78, 5) is 4.90. The number of rotatable bonds is 6. The van der Waals surface area contributed by atoms with Crippen molar-refractivity contribution < 1.29 is 4.74 Å². The van der Waals surface area contributed by atoms with Gasteiger partial charge >= 0.3 is 0 Å². The quantitative estimate of drug-likeness (QED) is 0.482. The van der Waals surface area contributed by atoms with Crippen LogP contribution in [-0.4, -0.2) is 12.3 Å². The third kappa shape index (κ3) is 4.27. The second-order valence-corrected chi connectivity index (χ2v) is 6.50. The maximum absolute atomic E-state index is 6.08. The van der Waals surface area contributed by atoms with Crippen molar-refractivity contribution in [2.75, 3.05) is 6.61 Å². The molecule has 0 aromatic heterocycles. The van der Waals surface area contributed by atoms with Crippen molar-refractivity contribution in [3.63, 3.8) is 0 Å². The summed E-state index contributed by atoms with van der Waals surface area (Å²) in [5, 5.41) is 2.42. The molecule has 3 aromatic rings. The number of benzene rings is 3. The van der Waals surface area contributed by atoms with Crippen LogP contribution < -0.4 is 4.74 Å². The Morgan fingerprint density at radius 3 is 2.44 bits per heavy atom. The number of hydrogen-bond acceptors (Lipinski definition) is 2. The van der Waals surface area contributed by atoms with Crippen LogP contribution in [0, 0.1) is 12.8 Å². The Labute approximate surface area is 150 Å². The van der Waals surface area contributed by atoms with Crippen molar-refractivity contribution in [1.82, 2.24) is 0 Å². The normalized spacial score (nSPS) is 13.0. The van der Waals surface area contributed by atoms with Crippen LogP contribution in [-0.2, 0) is 0 Å². The zero-order chi connectivity index (χ0) is 17.6. The second-order valence-electron chi connectivity index (χ2n) is 6.50. The van der Waals surface area contributed by atoms with Crippen LogP contribution >= 0.6 is 0 Å². The van der Waals surface area contributed by atoms with Gasteiger partial charge < -0.3 is 4.74 Å². The Morgan fingerprint density at radius 1 is 0.960 bits per heavy atom. The molecule has 128 valence electrons. The van der Waals surface area contributed by atoms with Crippen molar-refractivity contribution in [3.05, 3.63) is 72.3 Å². The summed E-state index contributed by atoms with van der Waals surface area (Å²) in [7, 11) is 0. The highest BCUT2D eigenvalue weighted by atomic mass is 16.5. The second kappa shape index (κ2) is 7.98. The Kier molecular flexibility index (Phi) is 5.49. The highest BCUT2D eigenvalue weighted by Gasteiger charge is 2.11. The molecule has 0 bridgehead atoms. The maximum Gasteiger partial charge on any atom is 0.127 e. The largest absolute Gasteiger partial charge is 0.488 e.